The van der Waals surface area contributed by atoms with Crippen LogP contribution in [0.3, 0.4) is 0 Å². The van der Waals surface area contributed by atoms with Crippen LogP contribution in [0.5, 0.6) is 5.75 Å². The van der Waals surface area contributed by atoms with E-state index in [9.17, 15) is 0 Å². The van der Waals surface area contributed by atoms with Gasteiger partial charge in [0.05, 0.1) is 7.11 Å². The number of benzene rings is 2. The number of para-hydroxylation sites is 2. The van der Waals surface area contributed by atoms with Crippen molar-refractivity contribution in [1.82, 2.24) is 9.97 Å². The maximum atomic E-state index is 5.38. The summed E-state index contributed by atoms with van der Waals surface area (Å²) in [4.78, 5) is 10.9. The molecule has 0 aliphatic heterocycles. The van der Waals surface area contributed by atoms with Crippen LogP contribution >= 0.6 is 0 Å². The van der Waals surface area contributed by atoms with Gasteiger partial charge in [0.2, 0.25) is 5.95 Å². The first kappa shape index (κ1) is 16.8. The van der Waals surface area contributed by atoms with Gasteiger partial charge in [0.25, 0.3) is 0 Å². The van der Waals surface area contributed by atoms with Crippen molar-refractivity contribution in [3.63, 3.8) is 0 Å². The minimum atomic E-state index is 0.621. The zero-order chi connectivity index (χ0) is 17.5. The summed E-state index contributed by atoms with van der Waals surface area (Å²) >= 11 is 0. The van der Waals surface area contributed by atoms with Crippen LogP contribution in [-0.4, -0.2) is 30.7 Å². The molecule has 0 bridgehead atoms. The second-order valence-electron chi connectivity index (χ2n) is 5.62. The molecule has 5 heteroatoms. The molecule has 0 atom stereocenters. The van der Waals surface area contributed by atoms with Gasteiger partial charge in [0.15, 0.2) is 0 Å². The predicted octanol–water partition coefficient (Wildman–Crippen LogP) is 3.91. The number of aromatic nitrogens is 2. The molecular weight excluding hydrogens is 312 g/mol. The van der Waals surface area contributed by atoms with Gasteiger partial charge in [-0.2, -0.15) is 4.98 Å². The number of anilines is 3. The van der Waals surface area contributed by atoms with Crippen molar-refractivity contribution in [3.8, 4) is 5.75 Å². The lowest BCUT2D eigenvalue weighted by Gasteiger charge is -2.18. The Hall–Kier alpha value is -3.08. The van der Waals surface area contributed by atoms with E-state index in [1.165, 1.54) is 0 Å². The van der Waals surface area contributed by atoms with Crippen molar-refractivity contribution in [2.75, 3.05) is 30.9 Å². The number of rotatable bonds is 7. The monoisotopic (exact) mass is 334 g/mol. The van der Waals surface area contributed by atoms with Crippen LogP contribution in [0.1, 0.15) is 5.56 Å². The van der Waals surface area contributed by atoms with Crippen LogP contribution < -0.4 is 15.0 Å². The highest BCUT2D eigenvalue weighted by molar-refractivity contribution is 5.59. The van der Waals surface area contributed by atoms with E-state index < -0.39 is 0 Å². The molecule has 128 valence electrons. The van der Waals surface area contributed by atoms with Gasteiger partial charge in [-0.25, -0.2) is 4.98 Å². The summed E-state index contributed by atoms with van der Waals surface area (Å²) in [6, 6.07) is 20.1. The second-order valence-corrected chi connectivity index (χ2v) is 5.62. The third-order valence-electron chi connectivity index (χ3n) is 4.00. The van der Waals surface area contributed by atoms with E-state index in [1.807, 2.05) is 54.4 Å². The van der Waals surface area contributed by atoms with Gasteiger partial charge >= 0.3 is 0 Å². The van der Waals surface area contributed by atoms with Gasteiger partial charge in [-0.3, -0.25) is 0 Å². The molecule has 2 aromatic carbocycles. The van der Waals surface area contributed by atoms with Crippen LogP contribution in [-0.2, 0) is 6.42 Å². The highest BCUT2D eigenvalue weighted by atomic mass is 16.5. The number of ether oxygens (including phenoxy) is 1. The average molecular weight is 334 g/mol. The quantitative estimate of drug-likeness (QED) is 0.710. The fraction of sp³-hybridized carbons (Fsp3) is 0.200. The lowest BCUT2D eigenvalue weighted by molar-refractivity contribution is 0.410. The Balaban J connectivity index is 1.64. The zero-order valence-electron chi connectivity index (χ0n) is 14.5. The Bertz CT molecular complexity index is 808. The Morgan fingerprint density at radius 3 is 2.56 bits per heavy atom. The van der Waals surface area contributed by atoms with Crippen molar-refractivity contribution in [3.05, 3.63) is 72.4 Å². The third-order valence-corrected chi connectivity index (χ3v) is 4.00. The van der Waals surface area contributed by atoms with Gasteiger partial charge < -0.3 is 15.0 Å². The van der Waals surface area contributed by atoms with Crippen molar-refractivity contribution < 1.29 is 4.74 Å². The Labute approximate surface area is 148 Å². The maximum Gasteiger partial charge on any atom is 0.224 e. The Morgan fingerprint density at radius 2 is 1.76 bits per heavy atom. The smallest absolute Gasteiger partial charge is 0.224 e. The number of hydrogen-bond acceptors (Lipinski definition) is 5. The van der Waals surface area contributed by atoms with Gasteiger partial charge in [-0.05, 0) is 36.2 Å². The normalized spacial score (nSPS) is 10.3. The van der Waals surface area contributed by atoms with Crippen LogP contribution in [0.15, 0.2) is 66.9 Å². The fourth-order valence-electron chi connectivity index (χ4n) is 2.62. The number of hydrogen-bond donors (Lipinski definition) is 1. The van der Waals surface area contributed by atoms with Crippen molar-refractivity contribution in [2.45, 2.75) is 6.42 Å². The molecule has 0 saturated heterocycles. The predicted molar refractivity (Wildman–Crippen MR) is 102 cm³/mol. The van der Waals surface area contributed by atoms with Crippen molar-refractivity contribution >= 4 is 17.5 Å². The number of nitrogens with one attached hydrogen (secondary N) is 1. The van der Waals surface area contributed by atoms with E-state index >= 15 is 0 Å². The van der Waals surface area contributed by atoms with Crippen molar-refractivity contribution in [2.24, 2.45) is 0 Å². The molecule has 0 unspecified atom stereocenters. The van der Waals surface area contributed by atoms with Crippen LogP contribution in [0.25, 0.3) is 0 Å². The molecule has 0 aliphatic carbocycles. The molecule has 1 N–H and O–H groups in total. The summed E-state index contributed by atoms with van der Waals surface area (Å²) in [5, 5.41) is 3.29. The summed E-state index contributed by atoms with van der Waals surface area (Å²) in [5.41, 5.74) is 2.25. The standard InChI is InChI=1S/C20H22N4O/c1-24(17-9-4-3-5-10-17)19-13-15-22-20(23-19)21-14-12-16-8-6-7-11-18(16)25-2/h3-11,13,15H,12,14H2,1-2H3,(H,21,22,23). The number of methoxy groups -OCH3 is 1. The second kappa shape index (κ2) is 8.15. The Kier molecular flexibility index (Phi) is 5.46. The van der Waals surface area contributed by atoms with Gasteiger partial charge in [0.1, 0.15) is 11.6 Å². The molecule has 1 aromatic heterocycles. The maximum absolute atomic E-state index is 5.38. The van der Waals surface area contributed by atoms with Crippen molar-refractivity contribution in [1.29, 1.82) is 0 Å². The molecule has 1 heterocycles. The first-order valence-electron chi connectivity index (χ1n) is 8.25. The fourth-order valence-corrected chi connectivity index (χ4v) is 2.62. The molecule has 0 saturated carbocycles. The van der Waals surface area contributed by atoms with Gasteiger partial charge in [-0.15, -0.1) is 0 Å². The molecule has 3 rings (SSSR count). The lowest BCUT2D eigenvalue weighted by atomic mass is 10.1. The zero-order valence-corrected chi connectivity index (χ0v) is 14.5. The highest BCUT2D eigenvalue weighted by Crippen LogP contribution is 2.21. The topological polar surface area (TPSA) is 50.3 Å². The lowest BCUT2D eigenvalue weighted by Crippen LogP contribution is -2.14. The molecule has 3 aromatic rings. The SMILES string of the molecule is COc1ccccc1CCNc1nccc(N(C)c2ccccc2)n1. The molecule has 0 amide bonds. The summed E-state index contributed by atoms with van der Waals surface area (Å²) in [6.07, 6.45) is 2.61. The van der Waals surface area contributed by atoms with Gasteiger partial charge in [0, 0.05) is 25.5 Å². The molecule has 0 spiro atoms. The van der Waals surface area contributed by atoms with E-state index in [2.05, 4.69) is 33.5 Å². The number of nitrogens with zero attached hydrogens (tertiary/aromatic N) is 3. The van der Waals surface area contributed by atoms with Crippen LogP contribution in [0.4, 0.5) is 17.5 Å². The largest absolute Gasteiger partial charge is 0.496 e. The van der Waals surface area contributed by atoms with Crippen LogP contribution in [0, 0.1) is 0 Å². The van der Waals surface area contributed by atoms with E-state index in [0.29, 0.717) is 5.95 Å². The van der Waals surface area contributed by atoms with E-state index in [1.54, 1.807) is 13.3 Å². The molecule has 0 aliphatic rings. The minimum absolute atomic E-state index is 0.621. The molecule has 25 heavy (non-hydrogen) atoms. The summed E-state index contributed by atoms with van der Waals surface area (Å²) < 4.78 is 5.38. The van der Waals surface area contributed by atoms with E-state index in [0.717, 1.165) is 35.8 Å². The summed E-state index contributed by atoms with van der Waals surface area (Å²) in [5.74, 6) is 2.37. The molecule has 5 nitrogen and oxygen atoms in total. The third kappa shape index (κ3) is 4.26. The minimum Gasteiger partial charge on any atom is -0.496 e. The van der Waals surface area contributed by atoms with E-state index in [-0.39, 0.29) is 0 Å². The summed E-state index contributed by atoms with van der Waals surface area (Å²) in [7, 11) is 3.69. The molecule has 0 radical (unpaired) electrons. The molecule has 0 fully saturated rings. The average Bonchev–Trinajstić information content (AvgIpc) is 2.69. The Morgan fingerprint density at radius 1 is 1.00 bits per heavy atom. The van der Waals surface area contributed by atoms with Crippen LogP contribution in [0.2, 0.25) is 0 Å². The highest BCUT2D eigenvalue weighted by Gasteiger charge is 2.07. The van der Waals surface area contributed by atoms with E-state index in [4.69, 9.17) is 4.74 Å². The first-order chi connectivity index (χ1) is 12.3. The molecular formula is C20H22N4O. The summed E-state index contributed by atoms with van der Waals surface area (Å²) in [6.45, 7) is 0.735. The first-order valence-corrected chi connectivity index (χ1v) is 8.25. The van der Waals surface area contributed by atoms with Gasteiger partial charge in [-0.1, -0.05) is 36.4 Å².